The van der Waals surface area contributed by atoms with Crippen LogP contribution in [0.2, 0.25) is 0 Å². The second kappa shape index (κ2) is 5.21. The highest BCUT2D eigenvalue weighted by Crippen LogP contribution is 2.27. The van der Waals surface area contributed by atoms with E-state index >= 15 is 0 Å². The molecule has 1 aromatic heterocycles. The highest BCUT2D eigenvalue weighted by atomic mass is 16.3. The van der Waals surface area contributed by atoms with Crippen molar-refractivity contribution in [1.29, 1.82) is 0 Å². The molecule has 0 saturated carbocycles. The monoisotopic (exact) mass is 265 g/mol. The minimum atomic E-state index is -0.0439. The number of nitrogens with zero attached hydrogens (tertiary/aromatic N) is 1. The van der Waals surface area contributed by atoms with Gasteiger partial charge in [-0.05, 0) is 24.4 Å². The molecular weight excluding hydrogens is 250 g/mol. The quantitative estimate of drug-likeness (QED) is 0.714. The second-order valence-electron chi connectivity index (χ2n) is 4.56. The number of anilines is 1. The van der Waals surface area contributed by atoms with Crippen LogP contribution >= 0.6 is 0 Å². The standard InChI is InChI=1S/C17H15NO2/c1-2-18(17(19)14-10-11-20-12-14)16-9-5-7-13-6-3-4-8-15(13)16/h3-12H,2H2,1H3. The van der Waals surface area contributed by atoms with Crippen LogP contribution in [0.25, 0.3) is 10.8 Å². The number of amides is 1. The molecule has 0 saturated heterocycles. The van der Waals surface area contributed by atoms with Crippen LogP contribution < -0.4 is 4.90 Å². The van der Waals surface area contributed by atoms with Gasteiger partial charge in [0.05, 0.1) is 17.5 Å². The van der Waals surface area contributed by atoms with Gasteiger partial charge in [0, 0.05) is 11.9 Å². The van der Waals surface area contributed by atoms with Crippen molar-refractivity contribution in [2.24, 2.45) is 0 Å². The van der Waals surface area contributed by atoms with Gasteiger partial charge < -0.3 is 9.32 Å². The van der Waals surface area contributed by atoms with Crippen LogP contribution in [0.15, 0.2) is 65.5 Å². The molecule has 3 heteroatoms. The van der Waals surface area contributed by atoms with Crippen molar-refractivity contribution in [2.75, 3.05) is 11.4 Å². The predicted octanol–water partition coefficient (Wildman–Crippen LogP) is 4.10. The van der Waals surface area contributed by atoms with Gasteiger partial charge in [0.25, 0.3) is 5.91 Å². The van der Waals surface area contributed by atoms with E-state index in [-0.39, 0.29) is 5.91 Å². The number of furan rings is 1. The molecule has 1 amide bonds. The first kappa shape index (κ1) is 12.5. The topological polar surface area (TPSA) is 33.5 Å². The van der Waals surface area contributed by atoms with Crippen LogP contribution in [-0.2, 0) is 0 Å². The SMILES string of the molecule is CCN(C(=O)c1ccoc1)c1cccc2ccccc12. The third-order valence-corrected chi connectivity index (χ3v) is 3.39. The van der Waals surface area contributed by atoms with E-state index in [1.807, 2.05) is 37.3 Å². The summed E-state index contributed by atoms with van der Waals surface area (Å²) in [5.74, 6) is -0.0439. The van der Waals surface area contributed by atoms with Crippen molar-refractivity contribution in [3.8, 4) is 0 Å². The zero-order chi connectivity index (χ0) is 13.9. The van der Waals surface area contributed by atoms with Crippen molar-refractivity contribution in [3.63, 3.8) is 0 Å². The van der Waals surface area contributed by atoms with E-state index in [4.69, 9.17) is 4.42 Å². The fourth-order valence-corrected chi connectivity index (χ4v) is 2.41. The lowest BCUT2D eigenvalue weighted by Gasteiger charge is -2.22. The Bertz CT molecular complexity index is 726. The fraction of sp³-hybridized carbons (Fsp3) is 0.118. The third-order valence-electron chi connectivity index (χ3n) is 3.39. The largest absolute Gasteiger partial charge is 0.472 e. The molecule has 0 aliphatic heterocycles. The van der Waals surface area contributed by atoms with Gasteiger partial charge in [-0.15, -0.1) is 0 Å². The minimum absolute atomic E-state index is 0.0439. The molecule has 1 heterocycles. The van der Waals surface area contributed by atoms with Crippen molar-refractivity contribution >= 4 is 22.4 Å². The van der Waals surface area contributed by atoms with E-state index in [0.29, 0.717) is 12.1 Å². The Morgan fingerprint density at radius 3 is 2.65 bits per heavy atom. The molecule has 0 radical (unpaired) electrons. The molecule has 0 spiro atoms. The molecule has 2 aromatic carbocycles. The predicted molar refractivity (Wildman–Crippen MR) is 80.0 cm³/mol. The van der Waals surface area contributed by atoms with E-state index in [1.54, 1.807) is 11.0 Å². The number of fused-ring (bicyclic) bond motifs is 1. The Morgan fingerprint density at radius 1 is 1.10 bits per heavy atom. The number of benzene rings is 2. The number of carbonyl (C=O) groups is 1. The summed E-state index contributed by atoms with van der Waals surface area (Å²) in [5.41, 5.74) is 1.50. The third kappa shape index (κ3) is 2.07. The first-order valence-electron chi connectivity index (χ1n) is 6.63. The van der Waals surface area contributed by atoms with E-state index < -0.39 is 0 Å². The molecule has 3 rings (SSSR count). The van der Waals surface area contributed by atoms with Gasteiger partial charge in [0.2, 0.25) is 0 Å². The van der Waals surface area contributed by atoms with Crippen molar-refractivity contribution in [3.05, 3.63) is 66.6 Å². The first-order valence-corrected chi connectivity index (χ1v) is 6.63. The summed E-state index contributed by atoms with van der Waals surface area (Å²) in [6.45, 7) is 2.58. The summed E-state index contributed by atoms with van der Waals surface area (Å²) in [6.07, 6.45) is 3.00. The molecule has 3 aromatic rings. The minimum Gasteiger partial charge on any atom is -0.472 e. The summed E-state index contributed by atoms with van der Waals surface area (Å²) in [6, 6.07) is 15.8. The van der Waals surface area contributed by atoms with Gasteiger partial charge >= 0.3 is 0 Å². The molecule has 3 nitrogen and oxygen atoms in total. The maximum atomic E-state index is 12.5. The molecule has 0 bridgehead atoms. The summed E-state index contributed by atoms with van der Waals surface area (Å²) in [7, 11) is 0. The van der Waals surface area contributed by atoms with Crippen LogP contribution in [0.5, 0.6) is 0 Å². The Balaban J connectivity index is 2.10. The van der Waals surface area contributed by atoms with Gasteiger partial charge in [-0.3, -0.25) is 4.79 Å². The van der Waals surface area contributed by atoms with Crippen molar-refractivity contribution in [1.82, 2.24) is 0 Å². The number of rotatable bonds is 3. The molecule has 100 valence electrons. The molecule has 0 aliphatic rings. The maximum Gasteiger partial charge on any atom is 0.261 e. The average molecular weight is 265 g/mol. The summed E-state index contributed by atoms with van der Waals surface area (Å²) in [5, 5.41) is 2.21. The van der Waals surface area contributed by atoms with Crippen LogP contribution in [0.4, 0.5) is 5.69 Å². The average Bonchev–Trinajstić information content (AvgIpc) is 3.02. The highest BCUT2D eigenvalue weighted by molar-refractivity contribution is 6.10. The molecule has 0 N–H and O–H groups in total. The van der Waals surface area contributed by atoms with E-state index in [1.165, 1.54) is 12.5 Å². The smallest absolute Gasteiger partial charge is 0.261 e. The Morgan fingerprint density at radius 2 is 1.90 bits per heavy atom. The first-order chi connectivity index (χ1) is 9.81. The lowest BCUT2D eigenvalue weighted by atomic mass is 10.1. The van der Waals surface area contributed by atoms with Crippen LogP contribution in [0.1, 0.15) is 17.3 Å². The molecule has 0 unspecified atom stereocenters. The van der Waals surface area contributed by atoms with E-state index in [0.717, 1.165) is 16.5 Å². The Labute approximate surface area is 117 Å². The lowest BCUT2D eigenvalue weighted by molar-refractivity contribution is 0.0988. The van der Waals surface area contributed by atoms with Crippen LogP contribution in [0, 0.1) is 0 Å². The van der Waals surface area contributed by atoms with Crippen molar-refractivity contribution < 1.29 is 9.21 Å². The highest BCUT2D eigenvalue weighted by Gasteiger charge is 2.18. The Kier molecular flexibility index (Phi) is 3.25. The summed E-state index contributed by atoms with van der Waals surface area (Å²) < 4.78 is 5.01. The number of hydrogen-bond acceptors (Lipinski definition) is 2. The van der Waals surface area contributed by atoms with Gasteiger partial charge in [0.1, 0.15) is 6.26 Å². The summed E-state index contributed by atoms with van der Waals surface area (Å²) >= 11 is 0. The molecule has 0 aliphatic carbocycles. The number of hydrogen-bond donors (Lipinski definition) is 0. The van der Waals surface area contributed by atoms with E-state index in [9.17, 15) is 4.79 Å². The fourth-order valence-electron chi connectivity index (χ4n) is 2.41. The molecular formula is C17H15NO2. The molecule has 0 atom stereocenters. The van der Waals surface area contributed by atoms with E-state index in [2.05, 4.69) is 12.1 Å². The molecule has 20 heavy (non-hydrogen) atoms. The van der Waals surface area contributed by atoms with Crippen LogP contribution in [0.3, 0.4) is 0 Å². The van der Waals surface area contributed by atoms with Gasteiger partial charge in [-0.2, -0.15) is 0 Å². The van der Waals surface area contributed by atoms with Crippen LogP contribution in [-0.4, -0.2) is 12.5 Å². The van der Waals surface area contributed by atoms with Gasteiger partial charge in [0.15, 0.2) is 0 Å². The lowest BCUT2D eigenvalue weighted by Crippen LogP contribution is -2.30. The summed E-state index contributed by atoms with van der Waals surface area (Å²) in [4.78, 5) is 14.3. The maximum absolute atomic E-state index is 12.5. The zero-order valence-corrected chi connectivity index (χ0v) is 11.2. The van der Waals surface area contributed by atoms with Gasteiger partial charge in [-0.1, -0.05) is 36.4 Å². The van der Waals surface area contributed by atoms with Crippen molar-refractivity contribution in [2.45, 2.75) is 6.92 Å². The Hall–Kier alpha value is -2.55. The zero-order valence-electron chi connectivity index (χ0n) is 11.2. The molecule has 0 fully saturated rings. The van der Waals surface area contributed by atoms with Gasteiger partial charge in [-0.25, -0.2) is 0 Å². The normalized spacial score (nSPS) is 10.7. The second-order valence-corrected chi connectivity index (χ2v) is 4.56. The number of carbonyl (C=O) groups excluding carboxylic acids is 1.